The van der Waals surface area contributed by atoms with Crippen molar-refractivity contribution in [2.45, 2.75) is 49.1 Å². The summed E-state index contributed by atoms with van der Waals surface area (Å²) in [6, 6.07) is 9.89. The van der Waals surface area contributed by atoms with Gasteiger partial charge in [-0.15, -0.1) is 0 Å². The van der Waals surface area contributed by atoms with Gasteiger partial charge in [-0.05, 0) is 85.2 Å². The van der Waals surface area contributed by atoms with Crippen LogP contribution in [-0.4, -0.2) is 67.8 Å². The lowest BCUT2D eigenvalue weighted by Gasteiger charge is -2.32. The molecule has 0 saturated carbocycles. The number of methoxy groups -OCH3 is 1. The van der Waals surface area contributed by atoms with Crippen molar-refractivity contribution >= 4 is 44.2 Å². The van der Waals surface area contributed by atoms with Crippen LogP contribution < -0.4 is 10.0 Å². The summed E-state index contributed by atoms with van der Waals surface area (Å²) in [7, 11) is -2.64. The molecule has 1 fully saturated rings. The average Bonchev–Trinajstić information content (AvgIpc) is 3.02. The van der Waals surface area contributed by atoms with Gasteiger partial charge in [0.15, 0.2) is 5.82 Å². The number of rotatable bonds is 9. The number of nitrogens with one attached hydrogen (secondary N) is 2. The first kappa shape index (κ1) is 31.6. The Kier molecular flexibility index (Phi) is 9.21. The molecule has 3 aromatic carbocycles. The highest BCUT2D eigenvalue weighted by atomic mass is 35.5. The van der Waals surface area contributed by atoms with Crippen LogP contribution in [0.15, 0.2) is 53.6 Å². The maximum Gasteiger partial charge on any atom is 0.262 e. The molecule has 0 amide bonds. The maximum atomic E-state index is 15.9. The second-order valence-electron chi connectivity index (χ2n) is 11.5. The number of ether oxygens (including phenoxy) is 1. The van der Waals surface area contributed by atoms with E-state index >= 15 is 8.78 Å². The van der Waals surface area contributed by atoms with E-state index in [1.165, 1.54) is 6.07 Å². The first-order valence-electron chi connectivity index (χ1n) is 14.9. The topological polar surface area (TPSA) is 117 Å². The van der Waals surface area contributed by atoms with Gasteiger partial charge in [-0.25, -0.2) is 27.2 Å². The second-order valence-corrected chi connectivity index (χ2v) is 13.6. The molecule has 13 heteroatoms. The van der Waals surface area contributed by atoms with Gasteiger partial charge < -0.3 is 20.1 Å². The van der Waals surface area contributed by atoms with E-state index in [0.29, 0.717) is 53.8 Å². The Morgan fingerprint density at radius 3 is 2.69 bits per heavy atom. The van der Waals surface area contributed by atoms with Gasteiger partial charge in [0.05, 0.1) is 34.4 Å². The lowest BCUT2D eigenvalue weighted by molar-refractivity contribution is 0.132. The molecule has 6 rings (SSSR count). The van der Waals surface area contributed by atoms with Gasteiger partial charge in [-0.1, -0.05) is 17.7 Å². The van der Waals surface area contributed by atoms with Crippen LogP contribution in [0.5, 0.6) is 0 Å². The van der Waals surface area contributed by atoms with E-state index in [1.54, 1.807) is 37.6 Å². The highest BCUT2D eigenvalue weighted by Gasteiger charge is 2.29. The van der Waals surface area contributed by atoms with Gasteiger partial charge in [0.25, 0.3) is 10.0 Å². The van der Waals surface area contributed by atoms with Crippen molar-refractivity contribution in [1.29, 1.82) is 0 Å². The first-order valence-corrected chi connectivity index (χ1v) is 16.8. The van der Waals surface area contributed by atoms with E-state index in [1.807, 2.05) is 0 Å². The van der Waals surface area contributed by atoms with E-state index in [2.05, 4.69) is 24.9 Å². The van der Waals surface area contributed by atoms with Gasteiger partial charge in [0.1, 0.15) is 5.82 Å². The van der Waals surface area contributed by atoms with Crippen LogP contribution in [0.3, 0.4) is 0 Å². The predicted molar refractivity (Wildman–Crippen MR) is 170 cm³/mol. The third kappa shape index (κ3) is 6.75. The van der Waals surface area contributed by atoms with Crippen molar-refractivity contribution < 1.29 is 27.0 Å². The number of halogens is 3. The third-order valence-electron chi connectivity index (χ3n) is 8.50. The maximum absolute atomic E-state index is 15.9. The number of benzene rings is 3. The summed E-state index contributed by atoms with van der Waals surface area (Å²) >= 11 is 6.19. The van der Waals surface area contributed by atoms with Crippen LogP contribution in [-0.2, 0) is 21.2 Å². The number of sulfonamides is 1. The molecule has 2 heterocycles. The van der Waals surface area contributed by atoms with E-state index in [9.17, 15) is 13.5 Å². The Labute approximate surface area is 265 Å². The summed E-state index contributed by atoms with van der Waals surface area (Å²) in [6.45, 7) is 3.52. The molecule has 1 saturated heterocycles. The molecule has 45 heavy (non-hydrogen) atoms. The number of aromatic nitrogens is 2. The van der Waals surface area contributed by atoms with E-state index in [-0.39, 0.29) is 27.1 Å². The fraction of sp³-hybridized carbons (Fsp3) is 0.375. The predicted octanol–water partition coefficient (Wildman–Crippen LogP) is 5.92. The molecule has 0 bridgehead atoms. The molecule has 0 radical (unpaired) electrons. The Morgan fingerprint density at radius 1 is 1.11 bits per heavy atom. The Hall–Kier alpha value is -3.42. The number of likely N-dealkylation sites (tertiary alicyclic amines) is 1. The molecule has 3 N–H and O–H groups in total. The summed E-state index contributed by atoms with van der Waals surface area (Å²) in [5, 5.41) is 14.5. The van der Waals surface area contributed by atoms with Crippen molar-refractivity contribution in [3.05, 3.63) is 76.4 Å². The zero-order valence-corrected chi connectivity index (χ0v) is 26.3. The summed E-state index contributed by atoms with van der Waals surface area (Å²) in [5.41, 5.74) is 0.872. The SMILES string of the molecule is COCCN1CCC(Nc2ncc3cc(-c4c(F)ccc(NS(=O)(=O)c5cc(Cl)cc6c5CCCC6O)c4F)ccc3n2)CC1. The van der Waals surface area contributed by atoms with Gasteiger partial charge in [0.2, 0.25) is 5.95 Å². The van der Waals surface area contributed by atoms with E-state index in [0.717, 1.165) is 44.6 Å². The highest BCUT2D eigenvalue weighted by molar-refractivity contribution is 7.92. The van der Waals surface area contributed by atoms with Crippen LogP contribution in [0, 0.1) is 11.6 Å². The second kappa shape index (κ2) is 13.1. The molecule has 238 valence electrons. The van der Waals surface area contributed by atoms with Gasteiger partial charge in [-0.3, -0.25) is 4.72 Å². The molecule has 9 nitrogen and oxygen atoms in total. The molecule has 1 aromatic heterocycles. The highest BCUT2D eigenvalue weighted by Crippen LogP contribution is 2.38. The largest absolute Gasteiger partial charge is 0.388 e. The number of nitrogens with zero attached hydrogens (tertiary/aromatic N) is 3. The number of anilines is 2. The minimum Gasteiger partial charge on any atom is -0.388 e. The molecule has 4 aromatic rings. The summed E-state index contributed by atoms with van der Waals surface area (Å²) in [4.78, 5) is 11.3. The minimum absolute atomic E-state index is 0.135. The van der Waals surface area contributed by atoms with Crippen molar-refractivity contribution in [1.82, 2.24) is 14.9 Å². The number of hydrogen-bond donors (Lipinski definition) is 3. The molecule has 1 aliphatic heterocycles. The summed E-state index contributed by atoms with van der Waals surface area (Å²) < 4.78 is 65.4. The van der Waals surface area contributed by atoms with Crippen molar-refractivity contribution in [2.75, 3.05) is 43.4 Å². The molecule has 0 spiro atoms. The van der Waals surface area contributed by atoms with Crippen LogP contribution in [0.1, 0.15) is 42.9 Å². The van der Waals surface area contributed by atoms with Crippen molar-refractivity contribution in [3.8, 4) is 11.1 Å². The normalized spacial score (nSPS) is 17.8. The van der Waals surface area contributed by atoms with Gasteiger partial charge >= 0.3 is 0 Å². The van der Waals surface area contributed by atoms with Crippen molar-refractivity contribution in [2.24, 2.45) is 0 Å². The van der Waals surface area contributed by atoms with Crippen LogP contribution in [0.4, 0.5) is 20.4 Å². The zero-order chi connectivity index (χ0) is 31.7. The molecular weight excluding hydrogens is 624 g/mol. The standard InChI is InChI=1S/C32H34ClF2N5O4S/c1-44-14-13-40-11-9-22(10-12-40)37-32-36-18-20-15-19(5-7-26(20)38-32)30-25(34)6-8-27(31(30)35)39-45(42,43)29-17-21(33)16-24-23(29)3-2-4-28(24)41/h5-8,15-18,22,28,39,41H,2-4,9-14H2,1H3,(H,36,37,38). The fourth-order valence-electron chi connectivity index (χ4n) is 6.12. The third-order valence-corrected chi connectivity index (χ3v) is 10.1. The number of fused-ring (bicyclic) bond motifs is 2. The molecule has 1 unspecified atom stereocenters. The van der Waals surface area contributed by atoms with Gasteiger partial charge in [-0.2, -0.15) is 0 Å². The van der Waals surface area contributed by atoms with Crippen LogP contribution in [0.2, 0.25) is 5.02 Å². The molecular formula is C32H34ClF2N5O4S. The Balaban J connectivity index is 1.23. The van der Waals surface area contributed by atoms with E-state index in [4.69, 9.17) is 16.3 Å². The average molecular weight is 658 g/mol. The Bertz CT molecular complexity index is 1840. The summed E-state index contributed by atoms with van der Waals surface area (Å²) in [5.74, 6) is -1.44. The lowest BCUT2D eigenvalue weighted by atomic mass is 9.89. The van der Waals surface area contributed by atoms with Crippen molar-refractivity contribution in [3.63, 3.8) is 0 Å². The monoisotopic (exact) mass is 657 g/mol. The number of aliphatic hydroxyl groups is 1. The number of aliphatic hydroxyl groups excluding tert-OH is 1. The van der Waals surface area contributed by atoms with Crippen LogP contribution >= 0.6 is 11.6 Å². The molecule has 2 aliphatic rings. The Morgan fingerprint density at radius 2 is 1.91 bits per heavy atom. The number of hydrogen-bond acceptors (Lipinski definition) is 8. The van der Waals surface area contributed by atoms with Gasteiger partial charge in [0, 0.05) is 49.4 Å². The fourth-order valence-corrected chi connectivity index (χ4v) is 7.80. The minimum atomic E-state index is -4.34. The lowest BCUT2D eigenvalue weighted by Crippen LogP contribution is -2.40. The quantitative estimate of drug-likeness (QED) is 0.203. The number of piperidine rings is 1. The van der Waals surface area contributed by atoms with Crippen LogP contribution in [0.25, 0.3) is 22.0 Å². The smallest absolute Gasteiger partial charge is 0.262 e. The van der Waals surface area contributed by atoms with E-state index < -0.39 is 33.4 Å². The first-order chi connectivity index (χ1) is 21.6. The molecule has 1 aliphatic carbocycles. The zero-order valence-electron chi connectivity index (χ0n) is 24.7. The molecule has 1 atom stereocenters. The summed E-state index contributed by atoms with van der Waals surface area (Å²) in [6.07, 6.45) is 4.14.